The zero-order valence-electron chi connectivity index (χ0n) is 16.8. The molecule has 1 aromatic carbocycles. The molecule has 1 amide bonds. The average Bonchev–Trinajstić information content (AvgIpc) is 3.26. The SMILES string of the molecule is CC(NC(=O)CCc1nc2sc3c(c2c(=O)[nH]1)CCC3)c1ccc(S(C)(=O)=O)cc1. The molecule has 158 valence electrons. The molecule has 0 fully saturated rings. The Morgan fingerprint density at radius 2 is 2.00 bits per heavy atom. The van der Waals surface area contributed by atoms with Gasteiger partial charge in [-0.25, -0.2) is 13.4 Å². The van der Waals surface area contributed by atoms with E-state index in [1.54, 1.807) is 23.5 Å². The number of hydrogen-bond acceptors (Lipinski definition) is 6. The highest BCUT2D eigenvalue weighted by Gasteiger charge is 2.21. The number of fused-ring (bicyclic) bond motifs is 3. The lowest BCUT2D eigenvalue weighted by molar-refractivity contribution is -0.121. The van der Waals surface area contributed by atoms with Gasteiger partial charge in [-0.05, 0) is 49.4 Å². The fourth-order valence-corrected chi connectivity index (χ4v) is 5.71. The minimum atomic E-state index is -3.25. The van der Waals surface area contributed by atoms with E-state index in [0.717, 1.165) is 41.5 Å². The number of amides is 1. The summed E-state index contributed by atoms with van der Waals surface area (Å²) in [6.45, 7) is 1.84. The molecule has 1 aliphatic rings. The fraction of sp³-hybridized carbons (Fsp3) is 0.381. The van der Waals surface area contributed by atoms with E-state index in [4.69, 9.17) is 0 Å². The van der Waals surface area contributed by atoms with Crippen LogP contribution in [0.25, 0.3) is 10.2 Å². The standard InChI is InChI=1S/C21H23N3O4S2/c1-12(13-6-8-14(9-7-13)30(2,27)28)22-18(25)11-10-17-23-20(26)19-15-4-3-5-16(15)29-21(19)24-17/h6-9,12H,3-5,10-11H2,1-2H3,(H,22,25)(H,23,24,26). The van der Waals surface area contributed by atoms with E-state index in [1.807, 2.05) is 6.92 Å². The molecular formula is C21H23N3O4S2. The van der Waals surface area contributed by atoms with Crippen molar-refractivity contribution in [3.63, 3.8) is 0 Å². The first-order valence-corrected chi connectivity index (χ1v) is 12.6. The second-order valence-corrected chi connectivity index (χ2v) is 10.8. The molecule has 0 radical (unpaired) electrons. The van der Waals surface area contributed by atoms with Crippen LogP contribution in [-0.2, 0) is 33.9 Å². The predicted molar refractivity (Wildman–Crippen MR) is 117 cm³/mol. The smallest absolute Gasteiger partial charge is 0.259 e. The number of H-pyrrole nitrogens is 1. The van der Waals surface area contributed by atoms with Crippen LogP contribution in [-0.4, -0.2) is 30.5 Å². The Balaban J connectivity index is 1.39. The van der Waals surface area contributed by atoms with Gasteiger partial charge in [-0.1, -0.05) is 12.1 Å². The summed E-state index contributed by atoms with van der Waals surface area (Å²) < 4.78 is 23.1. The van der Waals surface area contributed by atoms with Crippen molar-refractivity contribution in [3.8, 4) is 0 Å². The van der Waals surface area contributed by atoms with Gasteiger partial charge < -0.3 is 10.3 Å². The van der Waals surface area contributed by atoms with Gasteiger partial charge in [0.25, 0.3) is 5.56 Å². The Kier molecular flexibility index (Phi) is 5.50. The second-order valence-electron chi connectivity index (χ2n) is 7.68. The summed E-state index contributed by atoms with van der Waals surface area (Å²) in [6.07, 6.45) is 4.74. The number of carbonyl (C=O) groups excluding carboxylic acids is 1. The fourth-order valence-electron chi connectivity index (χ4n) is 3.80. The van der Waals surface area contributed by atoms with Crippen molar-refractivity contribution in [3.05, 3.63) is 56.4 Å². The Morgan fingerprint density at radius 3 is 2.70 bits per heavy atom. The maximum absolute atomic E-state index is 12.5. The lowest BCUT2D eigenvalue weighted by Gasteiger charge is -2.14. The first-order valence-electron chi connectivity index (χ1n) is 9.85. The molecule has 0 saturated heterocycles. The molecule has 30 heavy (non-hydrogen) atoms. The van der Waals surface area contributed by atoms with Gasteiger partial charge in [0, 0.05) is 24.0 Å². The molecule has 2 aromatic heterocycles. The Hall–Kier alpha value is -2.52. The third-order valence-corrected chi connectivity index (χ3v) is 7.71. The second kappa shape index (κ2) is 7.96. The molecule has 0 aliphatic heterocycles. The zero-order chi connectivity index (χ0) is 21.5. The van der Waals surface area contributed by atoms with E-state index in [1.165, 1.54) is 17.0 Å². The van der Waals surface area contributed by atoms with Crippen LogP contribution in [0.5, 0.6) is 0 Å². The number of thiophene rings is 1. The van der Waals surface area contributed by atoms with Crippen LogP contribution < -0.4 is 10.9 Å². The molecule has 1 unspecified atom stereocenters. The molecule has 1 aliphatic carbocycles. The van der Waals surface area contributed by atoms with Crippen LogP contribution in [0.15, 0.2) is 34.0 Å². The first kappa shape index (κ1) is 20.7. The van der Waals surface area contributed by atoms with E-state index in [-0.39, 0.29) is 28.8 Å². The van der Waals surface area contributed by atoms with E-state index in [2.05, 4.69) is 15.3 Å². The minimum Gasteiger partial charge on any atom is -0.350 e. The van der Waals surface area contributed by atoms with Crippen molar-refractivity contribution in [1.82, 2.24) is 15.3 Å². The number of sulfone groups is 1. The molecule has 0 bridgehead atoms. The first-order chi connectivity index (χ1) is 14.2. The van der Waals surface area contributed by atoms with Crippen molar-refractivity contribution in [2.45, 2.75) is 50.0 Å². The summed E-state index contributed by atoms with van der Waals surface area (Å²) in [5.41, 5.74) is 1.84. The highest BCUT2D eigenvalue weighted by atomic mass is 32.2. The number of aromatic nitrogens is 2. The quantitative estimate of drug-likeness (QED) is 0.606. The van der Waals surface area contributed by atoms with Crippen LogP contribution in [0.1, 0.15) is 47.6 Å². The summed E-state index contributed by atoms with van der Waals surface area (Å²) in [4.78, 5) is 34.5. The largest absolute Gasteiger partial charge is 0.350 e. The van der Waals surface area contributed by atoms with Crippen molar-refractivity contribution in [2.24, 2.45) is 0 Å². The Bertz CT molecular complexity index is 1270. The molecule has 7 nitrogen and oxygen atoms in total. The molecule has 4 rings (SSSR count). The monoisotopic (exact) mass is 445 g/mol. The number of nitrogens with zero attached hydrogens (tertiary/aromatic N) is 1. The van der Waals surface area contributed by atoms with Gasteiger partial charge >= 0.3 is 0 Å². The molecule has 2 N–H and O–H groups in total. The zero-order valence-corrected chi connectivity index (χ0v) is 18.5. The van der Waals surface area contributed by atoms with Gasteiger partial charge in [0.2, 0.25) is 5.91 Å². The van der Waals surface area contributed by atoms with Gasteiger partial charge in [-0.2, -0.15) is 0 Å². The maximum Gasteiger partial charge on any atom is 0.259 e. The van der Waals surface area contributed by atoms with Gasteiger partial charge in [-0.15, -0.1) is 11.3 Å². The van der Waals surface area contributed by atoms with Gasteiger partial charge in [0.05, 0.1) is 16.3 Å². The van der Waals surface area contributed by atoms with Gasteiger partial charge in [-0.3, -0.25) is 9.59 Å². The number of aromatic amines is 1. The molecule has 2 heterocycles. The van der Waals surface area contributed by atoms with Gasteiger partial charge in [0.1, 0.15) is 10.7 Å². The summed E-state index contributed by atoms with van der Waals surface area (Å²) in [5.74, 6) is 0.360. The number of rotatable bonds is 6. The van der Waals surface area contributed by atoms with Gasteiger partial charge in [0.15, 0.2) is 9.84 Å². The van der Waals surface area contributed by atoms with Crippen LogP contribution in [0.2, 0.25) is 0 Å². The summed E-state index contributed by atoms with van der Waals surface area (Å²) in [6, 6.07) is 6.21. The van der Waals surface area contributed by atoms with Crippen LogP contribution >= 0.6 is 11.3 Å². The van der Waals surface area contributed by atoms with E-state index < -0.39 is 9.84 Å². The number of hydrogen-bond donors (Lipinski definition) is 2. The summed E-state index contributed by atoms with van der Waals surface area (Å²) in [5, 5.41) is 3.62. The summed E-state index contributed by atoms with van der Waals surface area (Å²) >= 11 is 1.59. The number of aryl methyl sites for hydroxylation is 3. The lowest BCUT2D eigenvalue weighted by atomic mass is 10.1. The third kappa shape index (κ3) is 4.17. The number of benzene rings is 1. The number of nitrogens with one attached hydrogen (secondary N) is 2. The maximum atomic E-state index is 12.5. The van der Waals surface area contributed by atoms with Crippen molar-refractivity contribution in [1.29, 1.82) is 0 Å². The van der Waals surface area contributed by atoms with Crippen LogP contribution in [0, 0.1) is 0 Å². The average molecular weight is 446 g/mol. The lowest BCUT2D eigenvalue weighted by Crippen LogP contribution is -2.27. The van der Waals surface area contributed by atoms with Crippen LogP contribution in [0.3, 0.4) is 0 Å². The molecular weight excluding hydrogens is 422 g/mol. The van der Waals surface area contributed by atoms with Crippen molar-refractivity contribution >= 4 is 37.3 Å². The molecule has 3 aromatic rings. The molecule has 0 spiro atoms. The highest BCUT2D eigenvalue weighted by molar-refractivity contribution is 7.90. The van der Waals surface area contributed by atoms with E-state index >= 15 is 0 Å². The van der Waals surface area contributed by atoms with Crippen molar-refractivity contribution < 1.29 is 13.2 Å². The van der Waals surface area contributed by atoms with E-state index in [9.17, 15) is 18.0 Å². The summed E-state index contributed by atoms with van der Waals surface area (Å²) in [7, 11) is -3.25. The minimum absolute atomic E-state index is 0.117. The number of carbonyl (C=O) groups is 1. The topological polar surface area (TPSA) is 109 Å². The molecule has 1 atom stereocenters. The molecule has 9 heteroatoms. The van der Waals surface area contributed by atoms with Crippen molar-refractivity contribution in [2.75, 3.05) is 6.26 Å². The Labute approximate surface area is 178 Å². The van der Waals surface area contributed by atoms with Crippen LogP contribution in [0.4, 0.5) is 0 Å². The third-order valence-electron chi connectivity index (χ3n) is 5.40. The molecule has 0 saturated carbocycles. The van der Waals surface area contributed by atoms with E-state index in [0.29, 0.717) is 17.6 Å². The highest BCUT2D eigenvalue weighted by Crippen LogP contribution is 2.34. The normalized spacial score (nSPS) is 14.6. The predicted octanol–water partition coefficient (Wildman–Crippen LogP) is 2.69. The Morgan fingerprint density at radius 1 is 1.27 bits per heavy atom.